The Kier molecular flexibility index (Phi) is 14.3. The molecule has 0 spiro atoms. The topological polar surface area (TPSA) is 26.3 Å². The number of carbonyl (C=O) groups excluding carboxylic acids is 1. The van der Waals surface area contributed by atoms with Crippen LogP contribution in [0.5, 0.6) is 0 Å². The Balaban J connectivity index is 0. The van der Waals surface area contributed by atoms with Crippen molar-refractivity contribution < 1.29 is 9.53 Å². The van der Waals surface area contributed by atoms with Gasteiger partial charge in [-0.2, -0.15) is 0 Å². The van der Waals surface area contributed by atoms with Gasteiger partial charge in [0.1, 0.15) is 0 Å². The minimum absolute atomic E-state index is 0.350. The molecule has 0 aromatic rings. The zero-order valence-electron chi connectivity index (χ0n) is 5.49. The Morgan fingerprint density at radius 3 is 1.89 bits per heavy atom. The van der Waals surface area contributed by atoms with E-state index in [1.54, 1.807) is 6.92 Å². The molecule has 0 aromatic carbocycles. The summed E-state index contributed by atoms with van der Waals surface area (Å²) in [5.74, 6) is 0.722. The molecule has 0 aliphatic heterocycles. The van der Waals surface area contributed by atoms with Gasteiger partial charge in [-0.25, -0.2) is 4.79 Å². The standard InChI is InChI=1S/C3H5ClO2.C2H5Cl/c1-2-6-3(4)5;1-2-3/h2H2,1H3;2H2,1H3. The molecule has 0 rings (SSSR count). The second kappa shape index (κ2) is 10.9. The fraction of sp³-hybridized carbons (Fsp3) is 0.800. The Morgan fingerprint density at radius 2 is 1.89 bits per heavy atom. The maximum Gasteiger partial charge on any atom is 0.403 e. The Labute approximate surface area is 65.1 Å². The summed E-state index contributed by atoms with van der Waals surface area (Å²) in [5.41, 5.74) is -0.738. The zero-order valence-corrected chi connectivity index (χ0v) is 7.00. The summed E-state index contributed by atoms with van der Waals surface area (Å²) in [7, 11) is 0. The van der Waals surface area contributed by atoms with Gasteiger partial charge in [-0.15, -0.1) is 11.6 Å². The van der Waals surface area contributed by atoms with Crippen LogP contribution in [0.4, 0.5) is 4.79 Å². The van der Waals surface area contributed by atoms with E-state index in [9.17, 15) is 4.79 Å². The maximum atomic E-state index is 9.59. The first kappa shape index (κ1) is 11.8. The zero-order chi connectivity index (χ0) is 7.70. The van der Waals surface area contributed by atoms with Crippen LogP contribution in [0.15, 0.2) is 0 Å². The summed E-state index contributed by atoms with van der Waals surface area (Å²) in [6.45, 7) is 3.93. The average Bonchev–Trinajstić information content (AvgIpc) is 1.67. The van der Waals surface area contributed by atoms with Crippen molar-refractivity contribution >= 4 is 28.6 Å². The third-order valence-electron chi connectivity index (χ3n) is 0.258. The van der Waals surface area contributed by atoms with Crippen LogP contribution in [0.1, 0.15) is 13.8 Å². The van der Waals surface area contributed by atoms with E-state index in [1.807, 2.05) is 6.92 Å². The molecule has 0 radical (unpaired) electrons. The van der Waals surface area contributed by atoms with Gasteiger partial charge in [0.2, 0.25) is 0 Å². The molecule has 0 fully saturated rings. The molecule has 0 atom stereocenters. The van der Waals surface area contributed by atoms with Gasteiger partial charge in [-0.1, -0.05) is 6.92 Å². The van der Waals surface area contributed by atoms with Crippen molar-refractivity contribution in [2.75, 3.05) is 12.5 Å². The molecule has 0 bridgehead atoms. The van der Waals surface area contributed by atoms with E-state index in [1.165, 1.54) is 0 Å². The molecule has 0 unspecified atom stereocenters. The molecular formula is C5H10Cl2O2. The van der Waals surface area contributed by atoms with Crippen LogP contribution in [0.25, 0.3) is 0 Å². The van der Waals surface area contributed by atoms with E-state index in [0.717, 1.165) is 5.88 Å². The fourth-order valence-electron chi connectivity index (χ4n) is 0.113. The van der Waals surface area contributed by atoms with Crippen LogP contribution in [0.2, 0.25) is 0 Å². The third kappa shape index (κ3) is 31.7. The molecule has 0 saturated carbocycles. The lowest BCUT2D eigenvalue weighted by Crippen LogP contribution is -1.89. The lowest BCUT2D eigenvalue weighted by Gasteiger charge is -1.86. The second-order valence-corrected chi connectivity index (χ2v) is 1.78. The Hall–Kier alpha value is 0.0500. The van der Waals surface area contributed by atoms with Crippen LogP contribution >= 0.6 is 23.2 Å². The van der Waals surface area contributed by atoms with Gasteiger partial charge >= 0.3 is 5.43 Å². The molecule has 0 saturated heterocycles. The predicted molar refractivity (Wildman–Crippen MR) is 39.3 cm³/mol. The Morgan fingerprint density at radius 1 is 1.56 bits per heavy atom. The molecule has 0 amide bonds. The maximum absolute atomic E-state index is 9.59. The van der Waals surface area contributed by atoms with Gasteiger partial charge < -0.3 is 4.74 Å². The molecule has 0 heterocycles. The number of halogens is 2. The van der Waals surface area contributed by atoms with Crippen molar-refractivity contribution in [3.8, 4) is 0 Å². The molecule has 0 aromatic heterocycles. The molecule has 4 heteroatoms. The van der Waals surface area contributed by atoms with Crippen LogP contribution in [0, 0.1) is 0 Å². The van der Waals surface area contributed by atoms with Gasteiger partial charge in [0, 0.05) is 17.5 Å². The molecular weight excluding hydrogens is 163 g/mol. The van der Waals surface area contributed by atoms with Gasteiger partial charge in [-0.05, 0) is 6.92 Å². The van der Waals surface area contributed by atoms with E-state index >= 15 is 0 Å². The normalized spacial score (nSPS) is 7.11. The summed E-state index contributed by atoms with van der Waals surface area (Å²) in [6.07, 6.45) is 0. The first-order valence-corrected chi connectivity index (χ1v) is 3.48. The van der Waals surface area contributed by atoms with E-state index in [0.29, 0.717) is 6.61 Å². The van der Waals surface area contributed by atoms with E-state index in [4.69, 9.17) is 23.2 Å². The summed E-state index contributed by atoms with van der Waals surface area (Å²) in [6, 6.07) is 0. The van der Waals surface area contributed by atoms with Crippen molar-refractivity contribution in [3.05, 3.63) is 0 Å². The third-order valence-corrected chi connectivity index (χ3v) is 0.367. The van der Waals surface area contributed by atoms with Gasteiger partial charge in [0.15, 0.2) is 0 Å². The summed E-state index contributed by atoms with van der Waals surface area (Å²) in [5, 5.41) is 0. The highest BCUT2D eigenvalue weighted by molar-refractivity contribution is 6.61. The fourth-order valence-corrected chi connectivity index (χ4v) is 0.223. The van der Waals surface area contributed by atoms with Crippen LogP contribution < -0.4 is 0 Å². The van der Waals surface area contributed by atoms with Gasteiger partial charge in [0.25, 0.3) is 0 Å². The lowest BCUT2D eigenvalue weighted by molar-refractivity contribution is 0.180. The molecule has 0 N–H and O–H groups in total. The SMILES string of the molecule is CCCl.CCOC(=O)Cl. The summed E-state index contributed by atoms with van der Waals surface area (Å²) < 4.78 is 4.17. The van der Waals surface area contributed by atoms with Gasteiger partial charge in [-0.3, -0.25) is 0 Å². The number of ether oxygens (including phenoxy) is 1. The summed E-state index contributed by atoms with van der Waals surface area (Å²) >= 11 is 9.72. The summed E-state index contributed by atoms with van der Waals surface area (Å²) in [4.78, 5) is 9.59. The van der Waals surface area contributed by atoms with E-state index in [-0.39, 0.29) is 0 Å². The smallest absolute Gasteiger partial charge is 0.403 e. The minimum atomic E-state index is -0.738. The van der Waals surface area contributed by atoms with E-state index < -0.39 is 5.43 Å². The number of carbonyl (C=O) groups is 1. The van der Waals surface area contributed by atoms with Crippen LogP contribution in [0.3, 0.4) is 0 Å². The van der Waals surface area contributed by atoms with E-state index in [2.05, 4.69) is 4.74 Å². The lowest BCUT2D eigenvalue weighted by atomic mass is 10.9. The number of hydrogen-bond acceptors (Lipinski definition) is 2. The van der Waals surface area contributed by atoms with Crippen LogP contribution in [-0.2, 0) is 4.74 Å². The highest BCUT2D eigenvalue weighted by atomic mass is 35.5. The predicted octanol–water partition coefficient (Wildman–Crippen LogP) is 2.63. The Bertz CT molecular complexity index is 66.0. The second-order valence-electron chi connectivity index (χ2n) is 0.938. The highest BCUT2D eigenvalue weighted by Gasteiger charge is 1.85. The highest BCUT2D eigenvalue weighted by Crippen LogP contribution is 1.82. The van der Waals surface area contributed by atoms with Crippen LogP contribution in [-0.4, -0.2) is 17.9 Å². The van der Waals surface area contributed by atoms with Gasteiger partial charge in [0.05, 0.1) is 6.61 Å². The largest absolute Gasteiger partial charge is 0.454 e. The number of alkyl halides is 1. The molecule has 0 aliphatic rings. The first-order valence-electron chi connectivity index (χ1n) is 2.57. The molecule has 9 heavy (non-hydrogen) atoms. The van der Waals surface area contributed by atoms with Crippen molar-refractivity contribution in [3.63, 3.8) is 0 Å². The molecule has 0 aliphatic carbocycles. The average molecular weight is 173 g/mol. The molecule has 2 nitrogen and oxygen atoms in total. The van der Waals surface area contributed by atoms with Crippen molar-refractivity contribution in [2.24, 2.45) is 0 Å². The van der Waals surface area contributed by atoms with Crippen molar-refractivity contribution in [1.82, 2.24) is 0 Å². The number of rotatable bonds is 1. The monoisotopic (exact) mass is 172 g/mol. The quantitative estimate of drug-likeness (QED) is 0.450. The van der Waals surface area contributed by atoms with Crippen molar-refractivity contribution in [1.29, 1.82) is 0 Å². The minimum Gasteiger partial charge on any atom is -0.454 e. The van der Waals surface area contributed by atoms with Crippen molar-refractivity contribution in [2.45, 2.75) is 13.8 Å². The first-order chi connectivity index (χ1) is 4.18. The number of hydrogen-bond donors (Lipinski definition) is 0. The molecule has 56 valence electrons.